The maximum absolute atomic E-state index is 12.7. The summed E-state index contributed by atoms with van der Waals surface area (Å²) in [5.74, 6) is -1.25. The maximum Gasteiger partial charge on any atom is 0.328 e. The van der Waals surface area contributed by atoms with Crippen LogP contribution in [0.5, 0.6) is 0 Å². The molecule has 0 aliphatic carbocycles. The lowest BCUT2D eigenvalue weighted by atomic mass is 10.1. The zero-order valence-corrected chi connectivity index (χ0v) is 9.17. The first kappa shape index (κ1) is 11.3. The van der Waals surface area contributed by atoms with Crippen molar-refractivity contribution < 1.29 is 14.3 Å². The van der Waals surface area contributed by atoms with E-state index in [2.05, 4.69) is 5.10 Å². The van der Waals surface area contributed by atoms with Crippen LogP contribution in [0.3, 0.4) is 0 Å². The summed E-state index contributed by atoms with van der Waals surface area (Å²) in [6.07, 6.45) is 3.19. The van der Waals surface area contributed by atoms with Gasteiger partial charge in [0.15, 0.2) is 0 Å². The largest absolute Gasteiger partial charge is 0.480 e. The summed E-state index contributed by atoms with van der Waals surface area (Å²) in [4.78, 5) is 10.8. The van der Waals surface area contributed by atoms with Crippen molar-refractivity contribution in [1.82, 2.24) is 9.78 Å². The Hall–Kier alpha value is -2.17. The zero-order chi connectivity index (χ0) is 12.4. The predicted octanol–water partition coefficient (Wildman–Crippen LogP) is 2.33. The van der Waals surface area contributed by atoms with Gasteiger partial charge >= 0.3 is 5.97 Å². The molecule has 1 heterocycles. The quantitative estimate of drug-likeness (QED) is 0.886. The van der Waals surface area contributed by atoms with E-state index in [1.165, 1.54) is 16.8 Å². The van der Waals surface area contributed by atoms with Crippen LogP contribution < -0.4 is 0 Å². The molecule has 2 aromatic rings. The van der Waals surface area contributed by atoms with E-state index in [-0.39, 0.29) is 5.82 Å². The van der Waals surface area contributed by atoms with E-state index in [0.29, 0.717) is 0 Å². The van der Waals surface area contributed by atoms with Gasteiger partial charge in [0.1, 0.15) is 11.9 Å². The number of aromatic nitrogens is 2. The average Bonchev–Trinajstić information content (AvgIpc) is 2.78. The first-order valence-electron chi connectivity index (χ1n) is 5.11. The van der Waals surface area contributed by atoms with Gasteiger partial charge in [-0.25, -0.2) is 9.18 Å². The third kappa shape index (κ3) is 2.33. The highest BCUT2D eigenvalue weighted by atomic mass is 19.1. The minimum absolute atomic E-state index is 0.306. The fourth-order valence-corrected chi connectivity index (χ4v) is 1.45. The van der Waals surface area contributed by atoms with Gasteiger partial charge in [0.05, 0.1) is 6.20 Å². The Balaban J connectivity index is 2.29. The van der Waals surface area contributed by atoms with Gasteiger partial charge in [-0.3, -0.25) is 4.68 Å². The van der Waals surface area contributed by atoms with E-state index >= 15 is 0 Å². The Morgan fingerprint density at radius 2 is 2.00 bits per heavy atom. The fraction of sp³-hybridized carbons (Fsp3) is 0.167. The molecule has 0 amide bonds. The normalized spacial score (nSPS) is 12.4. The van der Waals surface area contributed by atoms with Crippen LogP contribution in [0.15, 0.2) is 36.7 Å². The molecular weight excluding hydrogens is 223 g/mol. The topological polar surface area (TPSA) is 55.1 Å². The molecule has 0 unspecified atom stereocenters. The van der Waals surface area contributed by atoms with Crippen molar-refractivity contribution in [1.29, 1.82) is 0 Å². The first-order valence-corrected chi connectivity index (χ1v) is 5.11. The lowest BCUT2D eigenvalue weighted by Crippen LogP contribution is -2.15. The molecule has 0 saturated heterocycles. The van der Waals surface area contributed by atoms with Gasteiger partial charge in [-0.2, -0.15) is 5.10 Å². The van der Waals surface area contributed by atoms with Crippen LogP contribution in [0.2, 0.25) is 0 Å². The second-order valence-corrected chi connectivity index (χ2v) is 3.73. The van der Waals surface area contributed by atoms with E-state index in [9.17, 15) is 9.18 Å². The highest BCUT2D eigenvalue weighted by Crippen LogP contribution is 2.20. The van der Waals surface area contributed by atoms with Gasteiger partial charge in [0, 0.05) is 11.8 Å². The summed E-state index contributed by atoms with van der Waals surface area (Å²) in [7, 11) is 0. The van der Waals surface area contributed by atoms with Crippen LogP contribution in [-0.4, -0.2) is 20.9 Å². The van der Waals surface area contributed by atoms with Gasteiger partial charge < -0.3 is 5.11 Å². The number of carboxylic acid groups (broad SMARTS) is 1. The number of carboxylic acids is 1. The monoisotopic (exact) mass is 234 g/mol. The van der Waals surface area contributed by atoms with E-state index in [0.717, 1.165) is 11.1 Å². The number of rotatable bonds is 3. The first-order chi connectivity index (χ1) is 8.08. The molecule has 0 radical (unpaired) electrons. The van der Waals surface area contributed by atoms with Crippen molar-refractivity contribution in [3.8, 4) is 11.1 Å². The summed E-state index contributed by atoms with van der Waals surface area (Å²) in [5.41, 5.74) is 1.56. The minimum Gasteiger partial charge on any atom is -0.480 e. The van der Waals surface area contributed by atoms with Gasteiger partial charge in [-0.1, -0.05) is 12.1 Å². The average molecular weight is 234 g/mol. The molecule has 0 saturated carbocycles. The maximum atomic E-state index is 12.7. The summed E-state index contributed by atoms with van der Waals surface area (Å²) < 4.78 is 14.1. The zero-order valence-electron chi connectivity index (χ0n) is 9.17. The highest BCUT2D eigenvalue weighted by Gasteiger charge is 2.14. The van der Waals surface area contributed by atoms with E-state index in [1.54, 1.807) is 31.5 Å². The molecular formula is C12H11FN2O2. The number of halogens is 1. The molecule has 0 aliphatic heterocycles. The number of aliphatic carboxylic acids is 1. The molecule has 4 nitrogen and oxygen atoms in total. The molecule has 5 heteroatoms. The summed E-state index contributed by atoms with van der Waals surface area (Å²) in [6, 6.07) is 5.24. The van der Waals surface area contributed by atoms with Crippen molar-refractivity contribution in [3.63, 3.8) is 0 Å². The number of hydrogen-bond acceptors (Lipinski definition) is 2. The molecule has 1 N–H and O–H groups in total. The molecule has 0 spiro atoms. The Kier molecular flexibility index (Phi) is 2.91. The lowest BCUT2D eigenvalue weighted by Gasteiger charge is -2.05. The lowest BCUT2D eigenvalue weighted by molar-refractivity contribution is -0.140. The third-order valence-electron chi connectivity index (χ3n) is 2.53. The number of benzene rings is 1. The van der Waals surface area contributed by atoms with Crippen LogP contribution in [-0.2, 0) is 4.79 Å². The van der Waals surface area contributed by atoms with E-state index in [1.807, 2.05) is 0 Å². The van der Waals surface area contributed by atoms with E-state index < -0.39 is 12.0 Å². The molecule has 1 atom stereocenters. The van der Waals surface area contributed by atoms with Crippen molar-refractivity contribution in [2.75, 3.05) is 0 Å². The van der Waals surface area contributed by atoms with Crippen molar-refractivity contribution >= 4 is 5.97 Å². The highest BCUT2D eigenvalue weighted by molar-refractivity contribution is 5.71. The van der Waals surface area contributed by atoms with Crippen LogP contribution in [0, 0.1) is 5.82 Å². The van der Waals surface area contributed by atoms with Gasteiger partial charge in [-0.15, -0.1) is 0 Å². The third-order valence-corrected chi connectivity index (χ3v) is 2.53. The Labute approximate surface area is 97.3 Å². The summed E-state index contributed by atoms with van der Waals surface area (Å²) in [5, 5.41) is 12.8. The van der Waals surface area contributed by atoms with Gasteiger partial charge in [-0.05, 0) is 24.6 Å². The van der Waals surface area contributed by atoms with Gasteiger partial charge in [0.25, 0.3) is 0 Å². The van der Waals surface area contributed by atoms with E-state index in [4.69, 9.17) is 5.11 Å². The molecule has 17 heavy (non-hydrogen) atoms. The predicted molar refractivity (Wildman–Crippen MR) is 60.0 cm³/mol. The Morgan fingerprint density at radius 3 is 2.59 bits per heavy atom. The van der Waals surface area contributed by atoms with Crippen molar-refractivity contribution in [3.05, 3.63) is 42.5 Å². The van der Waals surface area contributed by atoms with Crippen LogP contribution >= 0.6 is 0 Å². The second-order valence-electron chi connectivity index (χ2n) is 3.73. The molecule has 1 aromatic carbocycles. The van der Waals surface area contributed by atoms with Crippen LogP contribution in [0.25, 0.3) is 11.1 Å². The van der Waals surface area contributed by atoms with Crippen molar-refractivity contribution in [2.45, 2.75) is 13.0 Å². The summed E-state index contributed by atoms with van der Waals surface area (Å²) in [6.45, 7) is 1.55. The minimum atomic E-state index is -0.946. The molecule has 88 valence electrons. The molecule has 2 rings (SSSR count). The molecule has 0 aliphatic rings. The number of carbonyl (C=O) groups is 1. The van der Waals surface area contributed by atoms with Gasteiger partial charge in [0.2, 0.25) is 0 Å². The fourth-order valence-electron chi connectivity index (χ4n) is 1.45. The SMILES string of the molecule is C[C@H](C(=O)O)n1cc(-c2ccc(F)cc2)cn1. The second kappa shape index (κ2) is 4.37. The molecule has 0 fully saturated rings. The standard InChI is InChI=1S/C12H11FN2O2/c1-8(12(16)17)15-7-10(6-14-15)9-2-4-11(13)5-3-9/h2-8H,1H3,(H,16,17)/t8-/m1/s1. The Bertz CT molecular complexity index is 534. The summed E-state index contributed by atoms with van der Waals surface area (Å²) >= 11 is 0. The number of nitrogens with zero attached hydrogens (tertiary/aromatic N) is 2. The van der Waals surface area contributed by atoms with Crippen molar-refractivity contribution in [2.24, 2.45) is 0 Å². The number of hydrogen-bond donors (Lipinski definition) is 1. The smallest absolute Gasteiger partial charge is 0.328 e. The molecule has 0 bridgehead atoms. The molecule has 1 aromatic heterocycles. The van der Waals surface area contributed by atoms with Crippen LogP contribution in [0.1, 0.15) is 13.0 Å². The van der Waals surface area contributed by atoms with Crippen LogP contribution in [0.4, 0.5) is 4.39 Å². The Morgan fingerprint density at radius 1 is 1.35 bits per heavy atom.